The van der Waals surface area contributed by atoms with Gasteiger partial charge in [-0.05, 0) is 130 Å². The number of fused-ring (bicyclic) bond motifs is 1. The van der Waals surface area contributed by atoms with Crippen LogP contribution in [0.3, 0.4) is 0 Å². The van der Waals surface area contributed by atoms with Crippen LogP contribution >= 0.6 is 21.6 Å². The van der Waals surface area contributed by atoms with Crippen LogP contribution in [0, 0.1) is 35.5 Å². The molecule has 0 amide bonds. The SMILES string of the molecule is CC(O)C(C(=O)O)C1CCc2ccccc2CSSCC(Cc2cccc(CO)c2)C(CC=CC(O)C(O)C2CCC(O)CC2)CC(O)C1CCN. The summed E-state index contributed by atoms with van der Waals surface area (Å²) in [4.78, 5) is 12.7. The van der Waals surface area contributed by atoms with Crippen molar-refractivity contribution in [1.82, 2.24) is 0 Å². The van der Waals surface area contributed by atoms with Gasteiger partial charge in [-0.25, -0.2) is 0 Å². The van der Waals surface area contributed by atoms with Gasteiger partial charge >= 0.3 is 5.97 Å². The maximum absolute atomic E-state index is 12.7. The first kappa shape index (κ1) is 42.8. The number of nitrogens with two attached hydrogens (primary N) is 1. The first-order chi connectivity index (χ1) is 25.0. The third-order valence-corrected chi connectivity index (χ3v) is 13.9. The first-order valence-electron chi connectivity index (χ1n) is 19.0. The Kier molecular flexibility index (Phi) is 18.0. The molecule has 52 heavy (non-hydrogen) atoms. The number of aliphatic carboxylic acids is 1. The number of allylic oxidation sites excluding steroid dienone is 1. The molecule has 4 rings (SSSR count). The summed E-state index contributed by atoms with van der Waals surface area (Å²) in [5, 5.41) is 75.2. The zero-order chi connectivity index (χ0) is 37.6. The smallest absolute Gasteiger partial charge is 0.309 e. The van der Waals surface area contributed by atoms with Crippen LogP contribution in [0.15, 0.2) is 60.7 Å². The molecular formula is C41H61NO8S2. The molecule has 1 aliphatic heterocycles. The quantitative estimate of drug-likeness (QED) is 0.100. The topological polar surface area (TPSA) is 185 Å². The molecule has 2 aromatic carbocycles. The third-order valence-electron chi connectivity index (χ3n) is 11.5. The lowest BCUT2D eigenvalue weighted by Crippen LogP contribution is -2.43. The van der Waals surface area contributed by atoms with Gasteiger partial charge in [-0.1, -0.05) is 82.3 Å². The summed E-state index contributed by atoms with van der Waals surface area (Å²) in [6.45, 7) is 1.71. The minimum absolute atomic E-state index is 0.0647. The summed E-state index contributed by atoms with van der Waals surface area (Å²) in [5.41, 5.74) is 10.4. The minimum Gasteiger partial charge on any atom is -0.481 e. The van der Waals surface area contributed by atoms with Crippen molar-refractivity contribution in [2.45, 2.75) is 114 Å². The van der Waals surface area contributed by atoms with Gasteiger partial charge in [-0.2, -0.15) is 0 Å². The van der Waals surface area contributed by atoms with Crippen molar-refractivity contribution in [3.8, 4) is 0 Å². The second-order valence-corrected chi connectivity index (χ2v) is 17.6. The van der Waals surface area contributed by atoms with E-state index in [1.807, 2.05) is 36.4 Å². The second-order valence-electron chi connectivity index (χ2n) is 15.1. The normalized spacial score (nSPS) is 29.0. The molecule has 9 atom stereocenters. The monoisotopic (exact) mass is 759 g/mol. The molecule has 9 N–H and O–H groups in total. The van der Waals surface area contributed by atoms with Crippen LogP contribution in [0.2, 0.25) is 0 Å². The Morgan fingerprint density at radius 2 is 1.65 bits per heavy atom. The molecule has 0 radical (unpaired) electrons. The van der Waals surface area contributed by atoms with Crippen LogP contribution in [0.1, 0.15) is 80.5 Å². The van der Waals surface area contributed by atoms with Crippen LogP contribution in [-0.4, -0.2) is 84.5 Å². The third kappa shape index (κ3) is 12.6. The number of carbonyl (C=O) groups is 1. The first-order valence-corrected chi connectivity index (χ1v) is 21.5. The van der Waals surface area contributed by atoms with Gasteiger partial charge in [0, 0.05) is 11.5 Å². The van der Waals surface area contributed by atoms with Gasteiger partial charge in [0.1, 0.15) is 0 Å². The van der Waals surface area contributed by atoms with Crippen molar-refractivity contribution in [2.75, 3.05) is 12.3 Å². The Morgan fingerprint density at radius 1 is 0.942 bits per heavy atom. The fourth-order valence-corrected chi connectivity index (χ4v) is 11.1. The van der Waals surface area contributed by atoms with E-state index >= 15 is 0 Å². The molecule has 0 aromatic heterocycles. The maximum atomic E-state index is 12.7. The van der Waals surface area contributed by atoms with Gasteiger partial charge in [0.25, 0.3) is 0 Å². The summed E-state index contributed by atoms with van der Waals surface area (Å²) in [5.74, 6) is -1.73. The number of aliphatic hydroxyl groups is 6. The number of aliphatic hydroxyl groups excluding tert-OH is 6. The predicted octanol–water partition coefficient (Wildman–Crippen LogP) is 5.11. The van der Waals surface area contributed by atoms with Gasteiger partial charge < -0.3 is 41.5 Å². The highest BCUT2D eigenvalue weighted by molar-refractivity contribution is 8.76. The molecule has 0 spiro atoms. The minimum atomic E-state index is -1.12. The van der Waals surface area contributed by atoms with Crippen molar-refractivity contribution in [3.05, 3.63) is 82.9 Å². The van der Waals surface area contributed by atoms with E-state index < -0.39 is 48.1 Å². The molecule has 2 aromatic rings. The number of hydrogen-bond donors (Lipinski definition) is 8. The highest BCUT2D eigenvalue weighted by Gasteiger charge is 2.41. The zero-order valence-electron chi connectivity index (χ0n) is 30.5. The molecule has 1 fully saturated rings. The second kappa shape index (κ2) is 21.8. The van der Waals surface area contributed by atoms with Crippen molar-refractivity contribution in [3.63, 3.8) is 0 Å². The molecule has 9 nitrogen and oxygen atoms in total. The highest BCUT2D eigenvalue weighted by Crippen LogP contribution is 2.41. The van der Waals surface area contributed by atoms with Gasteiger partial charge in [0.05, 0.1) is 43.0 Å². The van der Waals surface area contributed by atoms with Crippen molar-refractivity contribution in [2.24, 2.45) is 41.2 Å². The molecule has 1 heterocycles. The van der Waals surface area contributed by atoms with E-state index in [0.717, 1.165) is 28.2 Å². The average Bonchev–Trinajstić information content (AvgIpc) is 3.13. The Labute approximate surface area is 317 Å². The van der Waals surface area contributed by atoms with Crippen molar-refractivity contribution >= 4 is 27.6 Å². The zero-order valence-corrected chi connectivity index (χ0v) is 32.1. The molecule has 2 aliphatic rings. The lowest BCUT2D eigenvalue weighted by Gasteiger charge is -2.38. The number of aryl methyl sites for hydroxylation is 1. The average molecular weight is 760 g/mol. The fourth-order valence-electron chi connectivity index (χ4n) is 8.51. The predicted molar refractivity (Wildman–Crippen MR) is 209 cm³/mol. The van der Waals surface area contributed by atoms with E-state index in [1.54, 1.807) is 27.7 Å². The lowest BCUT2D eigenvalue weighted by atomic mass is 9.69. The molecule has 11 heteroatoms. The Bertz CT molecular complexity index is 1390. The van der Waals surface area contributed by atoms with Crippen LogP contribution < -0.4 is 5.73 Å². The van der Waals surface area contributed by atoms with Gasteiger partial charge in [-0.15, -0.1) is 0 Å². The van der Waals surface area contributed by atoms with Crippen molar-refractivity contribution in [1.29, 1.82) is 0 Å². The molecule has 290 valence electrons. The molecular weight excluding hydrogens is 699 g/mol. The standard InChI is InChI=1S/C41H61NO8S2/c1-26(44)39(41(49)50)36-17-14-29-8-2-3-9-32(29)24-51-52-25-33(21-27-6-4-7-28(20-27)23-43)31(22-38(47)35(36)18-19-42)10-5-11-37(46)40(48)30-12-15-34(45)16-13-30/h2-9,11,20,26,30-31,33-40,43-48H,10,12-19,21-25,42H2,1H3,(H,49,50). The number of carboxylic acid groups (broad SMARTS) is 1. The van der Waals surface area contributed by atoms with E-state index in [-0.39, 0.29) is 37.0 Å². The summed E-state index contributed by atoms with van der Waals surface area (Å²) >= 11 is 0. The van der Waals surface area contributed by atoms with E-state index in [2.05, 4.69) is 18.2 Å². The van der Waals surface area contributed by atoms with Crippen LogP contribution in [0.5, 0.6) is 0 Å². The summed E-state index contributed by atoms with van der Waals surface area (Å²) < 4.78 is 0. The van der Waals surface area contributed by atoms with Crippen LogP contribution in [-0.2, 0) is 30.0 Å². The highest BCUT2D eigenvalue weighted by atomic mass is 33.1. The summed E-state index contributed by atoms with van der Waals surface area (Å²) in [7, 11) is 3.57. The Morgan fingerprint density at radius 3 is 2.33 bits per heavy atom. The van der Waals surface area contributed by atoms with E-state index in [1.165, 1.54) is 12.5 Å². The Hall–Kier alpha value is -1.93. The number of carboxylic acids is 1. The van der Waals surface area contributed by atoms with Crippen molar-refractivity contribution < 1.29 is 40.5 Å². The van der Waals surface area contributed by atoms with Crippen LogP contribution in [0.4, 0.5) is 0 Å². The van der Waals surface area contributed by atoms with E-state index in [9.17, 15) is 40.5 Å². The molecule has 9 unspecified atom stereocenters. The summed E-state index contributed by atoms with van der Waals surface area (Å²) in [6.07, 6.45) is 4.78. The fraction of sp³-hybridized carbons (Fsp3) is 0.634. The number of rotatable bonds is 13. The van der Waals surface area contributed by atoms with E-state index in [0.29, 0.717) is 64.2 Å². The molecule has 0 bridgehead atoms. The molecule has 1 saturated carbocycles. The van der Waals surface area contributed by atoms with Crippen LogP contribution in [0.25, 0.3) is 0 Å². The molecule has 0 saturated heterocycles. The Balaban J connectivity index is 1.70. The lowest BCUT2D eigenvalue weighted by molar-refractivity contribution is -0.150. The largest absolute Gasteiger partial charge is 0.481 e. The summed E-state index contributed by atoms with van der Waals surface area (Å²) in [6, 6.07) is 16.1. The maximum Gasteiger partial charge on any atom is 0.309 e. The van der Waals surface area contributed by atoms with Gasteiger partial charge in [0.15, 0.2) is 0 Å². The van der Waals surface area contributed by atoms with Gasteiger partial charge in [-0.3, -0.25) is 4.79 Å². The van der Waals surface area contributed by atoms with Gasteiger partial charge in [0.2, 0.25) is 0 Å². The molecule has 1 aliphatic carbocycles. The van der Waals surface area contributed by atoms with E-state index in [4.69, 9.17) is 5.73 Å². The number of benzene rings is 2. The number of hydrogen-bond acceptors (Lipinski definition) is 10.